The Bertz CT molecular complexity index is 598. The fourth-order valence-electron chi connectivity index (χ4n) is 5.33. The monoisotopic (exact) mass is 659 g/mol. The van der Waals surface area contributed by atoms with Gasteiger partial charge in [0.1, 0.15) is 0 Å². The van der Waals surface area contributed by atoms with E-state index in [4.69, 9.17) is 0 Å². The van der Waals surface area contributed by atoms with E-state index in [9.17, 15) is 9.59 Å². The van der Waals surface area contributed by atoms with E-state index in [2.05, 4.69) is 62.5 Å². The van der Waals surface area contributed by atoms with E-state index in [0.717, 1.165) is 76.2 Å². The van der Waals surface area contributed by atoms with Gasteiger partial charge in [0, 0.05) is 24.6 Å². The van der Waals surface area contributed by atoms with Gasteiger partial charge in [-0.2, -0.15) is 0 Å². The van der Waals surface area contributed by atoms with E-state index in [1.165, 1.54) is 89.9 Å². The van der Waals surface area contributed by atoms with Gasteiger partial charge in [-0.15, -0.1) is 23.5 Å². The molecule has 0 aliphatic carbocycles. The zero-order valence-corrected chi connectivity index (χ0v) is 31.7. The molecule has 2 unspecified atom stereocenters. The molecule has 0 spiro atoms. The molecule has 6 nitrogen and oxygen atoms in total. The molecule has 262 valence electrons. The summed E-state index contributed by atoms with van der Waals surface area (Å²) in [6, 6.07) is 0. The van der Waals surface area contributed by atoms with Crippen LogP contribution in [0.25, 0.3) is 0 Å². The van der Waals surface area contributed by atoms with Crippen LogP contribution in [0.2, 0.25) is 0 Å². The second kappa shape index (κ2) is 32.5. The third-order valence-electron chi connectivity index (χ3n) is 8.11. The minimum Gasteiger partial charge on any atom is -0.355 e. The molecule has 0 aromatic rings. The number of rotatable bonds is 33. The number of hydrogen-bond acceptors (Lipinski definition) is 6. The van der Waals surface area contributed by atoms with Crippen molar-refractivity contribution >= 4 is 35.3 Å². The number of thioether (sulfide) groups is 2. The maximum Gasteiger partial charge on any atom is 0.233 e. The number of unbranched alkanes of at least 4 members (excludes halogenated alkanes) is 14. The molecule has 44 heavy (non-hydrogen) atoms. The topological polar surface area (TPSA) is 64.7 Å². The number of amides is 2. The lowest BCUT2D eigenvalue weighted by Crippen LogP contribution is -2.35. The fourth-order valence-corrected chi connectivity index (χ4v) is 7.80. The van der Waals surface area contributed by atoms with Gasteiger partial charge in [0.05, 0.1) is 10.5 Å². The highest BCUT2D eigenvalue weighted by atomic mass is 32.2. The van der Waals surface area contributed by atoms with Crippen molar-refractivity contribution < 1.29 is 9.59 Å². The maximum atomic E-state index is 13.1. The van der Waals surface area contributed by atoms with E-state index in [1.54, 1.807) is 0 Å². The van der Waals surface area contributed by atoms with Crippen LogP contribution < -0.4 is 10.6 Å². The quantitative estimate of drug-likeness (QED) is 0.0691. The molecule has 0 rings (SSSR count). The second-order valence-electron chi connectivity index (χ2n) is 13.1. The molecule has 0 aliphatic heterocycles. The molecule has 0 fully saturated rings. The maximum absolute atomic E-state index is 13.1. The van der Waals surface area contributed by atoms with Gasteiger partial charge in [-0.05, 0) is 67.0 Å². The van der Waals surface area contributed by atoms with Gasteiger partial charge in [-0.25, -0.2) is 0 Å². The van der Waals surface area contributed by atoms with Crippen LogP contribution >= 0.6 is 23.5 Å². The minimum absolute atomic E-state index is 0.0149. The van der Waals surface area contributed by atoms with Gasteiger partial charge in [0.25, 0.3) is 0 Å². The van der Waals surface area contributed by atoms with Crippen LogP contribution in [-0.4, -0.2) is 98.0 Å². The molecule has 0 aromatic carbocycles. The molecule has 0 heterocycles. The van der Waals surface area contributed by atoms with Crippen LogP contribution in [0, 0.1) is 0 Å². The van der Waals surface area contributed by atoms with E-state index in [1.807, 2.05) is 23.5 Å². The molecule has 0 saturated heterocycles. The summed E-state index contributed by atoms with van der Waals surface area (Å²) in [7, 11) is 8.30. The molecule has 0 bridgehead atoms. The number of nitrogens with one attached hydrogen (secondary N) is 2. The first-order valence-electron chi connectivity index (χ1n) is 18.4. The van der Waals surface area contributed by atoms with Gasteiger partial charge >= 0.3 is 0 Å². The number of hydrogen-bond donors (Lipinski definition) is 2. The first kappa shape index (κ1) is 43.6. The number of carbonyl (C=O) groups excluding carboxylic acids is 2. The van der Waals surface area contributed by atoms with Crippen molar-refractivity contribution in [3.63, 3.8) is 0 Å². The Labute approximate surface area is 283 Å². The zero-order chi connectivity index (χ0) is 32.7. The Balaban J connectivity index is 4.76. The van der Waals surface area contributed by atoms with Crippen molar-refractivity contribution in [3.8, 4) is 0 Å². The third kappa shape index (κ3) is 29.0. The highest BCUT2D eigenvalue weighted by Crippen LogP contribution is 2.24. The smallest absolute Gasteiger partial charge is 0.233 e. The van der Waals surface area contributed by atoms with E-state index >= 15 is 0 Å². The Hall–Kier alpha value is -0.440. The summed E-state index contributed by atoms with van der Waals surface area (Å²) in [5, 5.41) is 6.46. The van der Waals surface area contributed by atoms with Crippen LogP contribution in [0.5, 0.6) is 0 Å². The molecule has 0 saturated carbocycles. The summed E-state index contributed by atoms with van der Waals surface area (Å²) >= 11 is 3.62. The van der Waals surface area contributed by atoms with E-state index in [0.29, 0.717) is 0 Å². The Morgan fingerprint density at radius 2 is 0.818 bits per heavy atom. The lowest BCUT2D eigenvalue weighted by Gasteiger charge is -2.19. The molecule has 2 atom stereocenters. The van der Waals surface area contributed by atoms with Crippen molar-refractivity contribution in [1.82, 2.24) is 20.4 Å². The minimum atomic E-state index is 0.0149. The SMILES string of the molecule is CCCCCCCCCCC(SCCSC(CCCCCCCCCC)C(=O)NCCCN(C)C)C(=O)NCCCN(C)C. The first-order valence-corrected chi connectivity index (χ1v) is 20.5. The van der Waals surface area contributed by atoms with Crippen LogP contribution in [0.4, 0.5) is 0 Å². The van der Waals surface area contributed by atoms with E-state index in [-0.39, 0.29) is 22.3 Å². The predicted octanol–water partition coefficient (Wildman–Crippen LogP) is 8.39. The lowest BCUT2D eigenvalue weighted by atomic mass is 10.1. The van der Waals surface area contributed by atoms with Crippen LogP contribution in [0.1, 0.15) is 142 Å². The van der Waals surface area contributed by atoms with Crippen molar-refractivity contribution in [3.05, 3.63) is 0 Å². The zero-order valence-electron chi connectivity index (χ0n) is 30.1. The highest BCUT2D eigenvalue weighted by Gasteiger charge is 2.21. The normalized spacial score (nSPS) is 13.0. The fraction of sp³-hybridized carbons (Fsp3) is 0.944. The van der Waals surface area contributed by atoms with Gasteiger partial charge in [-0.1, -0.05) is 117 Å². The molecule has 8 heteroatoms. The van der Waals surface area contributed by atoms with E-state index < -0.39 is 0 Å². The average Bonchev–Trinajstić information content (AvgIpc) is 2.99. The van der Waals surface area contributed by atoms with Crippen molar-refractivity contribution in [2.75, 3.05) is 65.9 Å². The summed E-state index contributed by atoms with van der Waals surface area (Å²) in [4.78, 5) is 30.6. The molecular weight excluding hydrogens is 585 g/mol. The summed E-state index contributed by atoms with van der Waals surface area (Å²) in [6.07, 6.45) is 24.5. The van der Waals surface area contributed by atoms with Crippen LogP contribution in [0.15, 0.2) is 0 Å². The average molecular weight is 659 g/mol. The molecule has 0 aliphatic rings. The summed E-state index contributed by atoms with van der Waals surface area (Å²) in [6.45, 7) is 8.00. The Kier molecular flexibility index (Phi) is 32.2. The second-order valence-corrected chi connectivity index (χ2v) is 15.8. The summed E-state index contributed by atoms with van der Waals surface area (Å²) in [5.74, 6) is 2.24. The first-order chi connectivity index (χ1) is 21.3. The Morgan fingerprint density at radius 1 is 0.500 bits per heavy atom. The van der Waals surface area contributed by atoms with Crippen molar-refractivity contribution in [2.24, 2.45) is 0 Å². The summed E-state index contributed by atoms with van der Waals surface area (Å²) < 4.78 is 0. The van der Waals surface area contributed by atoms with Gasteiger partial charge < -0.3 is 20.4 Å². The van der Waals surface area contributed by atoms with Gasteiger partial charge in [0.15, 0.2) is 0 Å². The summed E-state index contributed by atoms with van der Waals surface area (Å²) in [5.41, 5.74) is 0. The molecule has 2 N–H and O–H groups in total. The number of nitrogens with zero attached hydrogens (tertiary/aromatic N) is 2. The van der Waals surface area contributed by atoms with Crippen LogP contribution in [0.3, 0.4) is 0 Å². The molecule has 2 amide bonds. The predicted molar refractivity (Wildman–Crippen MR) is 199 cm³/mol. The largest absolute Gasteiger partial charge is 0.355 e. The van der Waals surface area contributed by atoms with Crippen LogP contribution in [-0.2, 0) is 9.59 Å². The third-order valence-corrected chi connectivity index (χ3v) is 11.0. The molecule has 0 radical (unpaired) electrons. The Morgan fingerprint density at radius 3 is 1.14 bits per heavy atom. The standard InChI is InChI=1S/C36H74N4O2S2/c1-7-9-11-13-15-17-19-21-25-33(35(41)37-27-23-29-39(3)4)43-31-32-44-34(36(42)38-28-24-30-40(5)6)26-22-20-18-16-14-12-10-8-2/h33-34H,7-32H2,1-6H3,(H,37,41)(H,38,42). The molecular formula is C36H74N4O2S2. The number of carbonyl (C=O) groups is 2. The lowest BCUT2D eigenvalue weighted by molar-refractivity contribution is -0.121. The van der Waals surface area contributed by atoms with Gasteiger partial charge in [-0.3, -0.25) is 9.59 Å². The highest BCUT2D eigenvalue weighted by molar-refractivity contribution is 8.04. The molecule has 0 aromatic heterocycles. The van der Waals surface area contributed by atoms with Crippen molar-refractivity contribution in [2.45, 2.75) is 153 Å². The van der Waals surface area contributed by atoms with Gasteiger partial charge in [0.2, 0.25) is 11.8 Å². The van der Waals surface area contributed by atoms with Crippen molar-refractivity contribution in [1.29, 1.82) is 0 Å².